The first kappa shape index (κ1) is 8.49. The fraction of sp³-hybridized carbons (Fsp3) is 0.571. The molecule has 0 amide bonds. The van der Waals surface area contributed by atoms with Crippen molar-refractivity contribution in [2.75, 3.05) is 12.4 Å². The van der Waals surface area contributed by atoms with Gasteiger partial charge in [0.15, 0.2) is 5.13 Å². The van der Waals surface area contributed by atoms with Crippen LogP contribution in [-0.2, 0) is 4.74 Å². The van der Waals surface area contributed by atoms with Crippen LogP contribution < -0.4 is 5.32 Å². The maximum atomic E-state index is 5.02. The lowest BCUT2D eigenvalue weighted by atomic mass is 10.6. The second-order valence-electron chi connectivity index (χ2n) is 2.32. The number of methoxy groups -OCH3 is 1. The number of aryl methyl sites for hydroxylation is 1. The maximum absolute atomic E-state index is 5.02. The highest BCUT2D eigenvalue weighted by molar-refractivity contribution is 7.13. The highest BCUT2D eigenvalue weighted by Crippen LogP contribution is 2.15. The quantitative estimate of drug-likeness (QED) is 0.706. The molecule has 0 radical (unpaired) electrons. The predicted octanol–water partition coefficient (Wildman–Crippen LogP) is 1.86. The van der Waals surface area contributed by atoms with Crippen molar-refractivity contribution in [2.45, 2.75) is 20.1 Å². The third kappa shape index (κ3) is 2.48. The minimum absolute atomic E-state index is 0.0283. The zero-order valence-electron chi connectivity index (χ0n) is 6.92. The van der Waals surface area contributed by atoms with Crippen molar-refractivity contribution in [3.8, 4) is 0 Å². The molecule has 0 aliphatic carbocycles. The molecule has 1 heterocycles. The Labute approximate surface area is 70.4 Å². The number of hydrogen-bond acceptors (Lipinski definition) is 4. The maximum Gasteiger partial charge on any atom is 0.184 e. The smallest absolute Gasteiger partial charge is 0.184 e. The van der Waals surface area contributed by atoms with E-state index in [1.165, 1.54) is 0 Å². The van der Waals surface area contributed by atoms with Crippen LogP contribution in [0.5, 0.6) is 0 Å². The highest BCUT2D eigenvalue weighted by Gasteiger charge is 2.01. The molecule has 0 saturated carbocycles. The summed E-state index contributed by atoms with van der Waals surface area (Å²) in [5.74, 6) is 0. The Kier molecular flexibility index (Phi) is 2.84. The van der Waals surface area contributed by atoms with Crippen molar-refractivity contribution in [3.63, 3.8) is 0 Å². The van der Waals surface area contributed by atoms with Crippen LogP contribution in [0.15, 0.2) is 5.38 Å². The molecular formula is C7H12N2OS. The molecule has 0 aliphatic heterocycles. The standard InChI is InChI=1S/C7H12N2OS/c1-5-4-11-7(8-5)9-6(2)10-3/h4,6H,1-3H3,(H,8,9). The van der Waals surface area contributed by atoms with Gasteiger partial charge in [0.25, 0.3) is 0 Å². The van der Waals surface area contributed by atoms with Gasteiger partial charge in [-0.3, -0.25) is 0 Å². The van der Waals surface area contributed by atoms with Gasteiger partial charge in [-0.1, -0.05) is 0 Å². The lowest BCUT2D eigenvalue weighted by Crippen LogP contribution is -2.16. The molecule has 0 aliphatic rings. The molecule has 4 heteroatoms. The fourth-order valence-electron chi connectivity index (χ4n) is 0.653. The van der Waals surface area contributed by atoms with E-state index in [0.717, 1.165) is 10.8 Å². The molecule has 0 saturated heterocycles. The van der Waals surface area contributed by atoms with Crippen LogP contribution in [0.3, 0.4) is 0 Å². The summed E-state index contributed by atoms with van der Waals surface area (Å²) in [6.45, 7) is 3.91. The van der Waals surface area contributed by atoms with E-state index < -0.39 is 0 Å². The summed E-state index contributed by atoms with van der Waals surface area (Å²) in [6.07, 6.45) is 0.0283. The molecule has 0 fully saturated rings. The predicted molar refractivity (Wildman–Crippen MR) is 46.9 cm³/mol. The minimum Gasteiger partial charge on any atom is -0.362 e. The second-order valence-corrected chi connectivity index (χ2v) is 3.17. The monoisotopic (exact) mass is 172 g/mol. The van der Waals surface area contributed by atoms with Crippen molar-refractivity contribution < 1.29 is 4.74 Å². The topological polar surface area (TPSA) is 34.1 Å². The van der Waals surface area contributed by atoms with Gasteiger partial charge in [-0.25, -0.2) is 4.98 Å². The molecular weight excluding hydrogens is 160 g/mol. The summed E-state index contributed by atoms with van der Waals surface area (Å²) in [5, 5.41) is 6.02. The summed E-state index contributed by atoms with van der Waals surface area (Å²) in [6, 6.07) is 0. The Hall–Kier alpha value is -0.610. The molecule has 3 nitrogen and oxygen atoms in total. The SMILES string of the molecule is COC(C)Nc1nc(C)cs1. The Morgan fingerprint density at radius 1 is 1.73 bits per heavy atom. The Balaban J connectivity index is 2.50. The Morgan fingerprint density at radius 3 is 2.91 bits per heavy atom. The first-order valence-corrected chi connectivity index (χ1v) is 4.32. The van der Waals surface area contributed by atoms with Crippen LogP contribution in [0, 0.1) is 6.92 Å². The minimum atomic E-state index is 0.0283. The van der Waals surface area contributed by atoms with E-state index in [1.54, 1.807) is 18.4 Å². The zero-order valence-corrected chi connectivity index (χ0v) is 7.73. The molecule has 1 unspecified atom stereocenters. The van der Waals surface area contributed by atoms with E-state index in [9.17, 15) is 0 Å². The fourth-order valence-corrected chi connectivity index (χ4v) is 1.42. The van der Waals surface area contributed by atoms with Crippen molar-refractivity contribution in [1.82, 2.24) is 4.98 Å². The van der Waals surface area contributed by atoms with E-state index >= 15 is 0 Å². The molecule has 62 valence electrons. The summed E-state index contributed by atoms with van der Waals surface area (Å²) in [5.41, 5.74) is 1.04. The van der Waals surface area contributed by atoms with Gasteiger partial charge < -0.3 is 10.1 Å². The number of hydrogen-bond donors (Lipinski definition) is 1. The van der Waals surface area contributed by atoms with Crippen LogP contribution in [0.1, 0.15) is 12.6 Å². The van der Waals surface area contributed by atoms with E-state index in [-0.39, 0.29) is 6.23 Å². The summed E-state index contributed by atoms with van der Waals surface area (Å²) in [4.78, 5) is 4.23. The van der Waals surface area contributed by atoms with Gasteiger partial charge in [-0.15, -0.1) is 11.3 Å². The molecule has 1 N–H and O–H groups in total. The number of nitrogens with zero attached hydrogens (tertiary/aromatic N) is 1. The average Bonchev–Trinajstić information content (AvgIpc) is 2.35. The van der Waals surface area contributed by atoms with Crippen molar-refractivity contribution in [3.05, 3.63) is 11.1 Å². The number of nitrogens with one attached hydrogen (secondary N) is 1. The van der Waals surface area contributed by atoms with Crippen molar-refractivity contribution in [1.29, 1.82) is 0 Å². The lowest BCUT2D eigenvalue weighted by molar-refractivity contribution is 0.141. The Morgan fingerprint density at radius 2 is 2.45 bits per heavy atom. The second kappa shape index (κ2) is 3.69. The van der Waals surface area contributed by atoms with Crippen LogP contribution in [0.25, 0.3) is 0 Å². The van der Waals surface area contributed by atoms with Gasteiger partial charge in [0.05, 0.1) is 5.69 Å². The van der Waals surface area contributed by atoms with Gasteiger partial charge in [0.1, 0.15) is 6.23 Å². The molecule has 11 heavy (non-hydrogen) atoms. The highest BCUT2D eigenvalue weighted by atomic mass is 32.1. The number of aromatic nitrogens is 1. The van der Waals surface area contributed by atoms with Gasteiger partial charge >= 0.3 is 0 Å². The van der Waals surface area contributed by atoms with Gasteiger partial charge in [0.2, 0.25) is 0 Å². The van der Waals surface area contributed by atoms with Crippen LogP contribution in [-0.4, -0.2) is 18.3 Å². The van der Waals surface area contributed by atoms with Crippen LogP contribution in [0.2, 0.25) is 0 Å². The first-order valence-electron chi connectivity index (χ1n) is 3.44. The van der Waals surface area contributed by atoms with Crippen molar-refractivity contribution >= 4 is 16.5 Å². The molecule has 0 bridgehead atoms. The number of ether oxygens (including phenoxy) is 1. The molecule has 1 aromatic heterocycles. The van der Waals surface area contributed by atoms with E-state index in [1.807, 2.05) is 19.2 Å². The summed E-state index contributed by atoms with van der Waals surface area (Å²) in [7, 11) is 1.66. The van der Waals surface area contributed by atoms with Gasteiger partial charge in [-0.2, -0.15) is 0 Å². The van der Waals surface area contributed by atoms with Crippen molar-refractivity contribution in [2.24, 2.45) is 0 Å². The number of rotatable bonds is 3. The largest absolute Gasteiger partial charge is 0.362 e. The molecule has 1 atom stereocenters. The molecule has 1 rings (SSSR count). The van der Waals surface area contributed by atoms with E-state index in [4.69, 9.17) is 4.74 Å². The van der Waals surface area contributed by atoms with Gasteiger partial charge in [-0.05, 0) is 13.8 Å². The molecule has 1 aromatic rings. The summed E-state index contributed by atoms with van der Waals surface area (Å²) >= 11 is 1.59. The number of thiazole rings is 1. The normalized spacial score (nSPS) is 13.0. The van der Waals surface area contributed by atoms with Gasteiger partial charge in [0, 0.05) is 12.5 Å². The molecule has 0 aromatic carbocycles. The zero-order chi connectivity index (χ0) is 8.27. The third-order valence-corrected chi connectivity index (χ3v) is 2.19. The molecule has 0 spiro atoms. The Bertz CT molecular complexity index is 224. The third-order valence-electron chi connectivity index (χ3n) is 1.30. The number of anilines is 1. The first-order chi connectivity index (χ1) is 5.22. The van der Waals surface area contributed by atoms with Crippen LogP contribution >= 0.6 is 11.3 Å². The van der Waals surface area contributed by atoms with E-state index in [0.29, 0.717) is 0 Å². The summed E-state index contributed by atoms with van der Waals surface area (Å²) < 4.78 is 5.02. The van der Waals surface area contributed by atoms with Crippen LogP contribution in [0.4, 0.5) is 5.13 Å². The lowest BCUT2D eigenvalue weighted by Gasteiger charge is -2.09. The van der Waals surface area contributed by atoms with E-state index in [2.05, 4.69) is 10.3 Å². The average molecular weight is 172 g/mol.